The number of anilines is 1. The molecule has 1 N–H and O–H groups in total. The van der Waals surface area contributed by atoms with Gasteiger partial charge in [0.2, 0.25) is 0 Å². The Hall–Kier alpha value is -2.80. The van der Waals surface area contributed by atoms with E-state index in [4.69, 9.17) is 10.4 Å². The molecule has 0 aliphatic heterocycles. The molecule has 2 rings (SSSR count). The lowest BCUT2D eigenvalue weighted by Crippen LogP contribution is -2.26. The van der Waals surface area contributed by atoms with Crippen LogP contribution in [-0.4, -0.2) is 17.6 Å². The number of carboxylic acids is 1. The molecule has 0 heterocycles. The highest BCUT2D eigenvalue weighted by Gasteiger charge is 2.12. The monoisotopic (exact) mass is 308 g/mol. The number of aliphatic carboxylic acids is 1. The minimum Gasteiger partial charge on any atom is -0.481 e. The number of rotatable bonds is 6. The molecule has 4 heteroatoms. The zero-order chi connectivity index (χ0) is 16.8. The number of benzene rings is 2. The van der Waals surface area contributed by atoms with Crippen molar-refractivity contribution < 1.29 is 9.90 Å². The van der Waals surface area contributed by atoms with E-state index in [0.717, 1.165) is 22.4 Å². The topological polar surface area (TPSA) is 64.3 Å². The van der Waals surface area contributed by atoms with Crippen molar-refractivity contribution in [3.63, 3.8) is 0 Å². The summed E-state index contributed by atoms with van der Waals surface area (Å²) in [5.74, 6) is -0.814. The van der Waals surface area contributed by atoms with Gasteiger partial charge in [-0.1, -0.05) is 24.3 Å². The van der Waals surface area contributed by atoms with Gasteiger partial charge in [-0.05, 0) is 48.7 Å². The molecular weight excluding hydrogens is 288 g/mol. The van der Waals surface area contributed by atoms with Gasteiger partial charge in [-0.15, -0.1) is 0 Å². The number of nitrogens with zero attached hydrogens (tertiary/aromatic N) is 2. The molecule has 0 aliphatic carbocycles. The largest absolute Gasteiger partial charge is 0.481 e. The van der Waals surface area contributed by atoms with Crippen LogP contribution in [0.4, 0.5) is 5.69 Å². The highest BCUT2D eigenvalue weighted by Crippen LogP contribution is 2.24. The summed E-state index contributed by atoms with van der Waals surface area (Å²) in [6.07, 6.45) is 0.0747. The van der Waals surface area contributed by atoms with E-state index in [2.05, 4.69) is 17.0 Å². The van der Waals surface area contributed by atoms with Crippen LogP contribution >= 0.6 is 0 Å². The lowest BCUT2D eigenvalue weighted by molar-refractivity contribution is -0.136. The fourth-order valence-corrected chi connectivity index (χ4v) is 2.54. The Morgan fingerprint density at radius 3 is 2.70 bits per heavy atom. The van der Waals surface area contributed by atoms with Crippen molar-refractivity contribution in [2.45, 2.75) is 26.8 Å². The number of hydrogen-bond donors (Lipinski definition) is 1. The van der Waals surface area contributed by atoms with E-state index in [9.17, 15) is 4.79 Å². The summed E-state index contributed by atoms with van der Waals surface area (Å²) in [6.45, 7) is 5.05. The maximum Gasteiger partial charge on any atom is 0.305 e. The van der Waals surface area contributed by atoms with Gasteiger partial charge in [0.15, 0.2) is 0 Å². The molecule has 0 saturated heterocycles. The molecule has 118 valence electrons. The zero-order valence-corrected chi connectivity index (χ0v) is 13.4. The average Bonchev–Trinajstić information content (AvgIpc) is 2.54. The number of nitriles is 1. The molecule has 2 aromatic carbocycles. The standard InChI is InChI=1S/C19H20N2O2/c1-14-6-7-15(2)18(10-14)21(9-8-19(22)23)13-17-5-3-4-16(11-17)12-20/h3-7,10-11H,8-9,13H2,1-2H3,(H,22,23). The van der Waals surface area contributed by atoms with Gasteiger partial charge in [-0.3, -0.25) is 4.79 Å². The van der Waals surface area contributed by atoms with E-state index in [0.29, 0.717) is 18.7 Å². The Balaban J connectivity index is 2.31. The van der Waals surface area contributed by atoms with Crippen LogP contribution in [-0.2, 0) is 11.3 Å². The molecule has 0 aromatic heterocycles. The van der Waals surface area contributed by atoms with Crippen molar-refractivity contribution in [1.29, 1.82) is 5.26 Å². The second-order valence-electron chi connectivity index (χ2n) is 5.67. The molecular formula is C19H20N2O2. The zero-order valence-electron chi connectivity index (χ0n) is 13.4. The first-order valence-corrected chi connectivity index (χ1v) is 7.52. The van der Waals surface area contributed by atoms with Gasteiger partial charge in [0.1, 0.15) is 0 Å². The molecule has 23 heavy (non-hydrogen) atoms. The van der Waals surface area contributed by atoms with E-state index in [-0.39, 0.29) is 6.42 Å². The summed E-state index contributed by atoms with van der Waals surface area (Å²) >= 11 is 0. The quantitative estimate of drug-likeness (QED) is 0.884. The van der Waals surface area contributed by atoms with Gasteiger partial charge >= 0.3 is 5.97 Å². The van der Waals surface area contributed by atoms with Crippen molar-refractivity contribution >= 4 is 11.7 Å². The van der Waals surface area contributed by atoms with E-state index < -0.39 is 5.97 Å². The molecule has 0 saturated carbocycles. The Morgan fingerprint density at radius 1 is 1.22 bits per heavy atom. The summed E-state index contributed by atoms with van der Waals surface area (Å²) in [4.78, 5) is 13.0. The van der Waals surface area contributed by atoms with Gasteiger partial charge in [-0.2, -0.15) is 5.26 Å². The Labute approximate surface area is 136 Å². The molecule has 4 nitrogen and oxygen atoms in total. The van der Waals surface area contributed by atoms with Crippen LogP contribution in [0, 0.1) is 25.2 Å². The van der Waals surface area contributed by atoms with Crippen molar-refractivity contribution in [3.8, 4) is 6.07 Å². The molecule has 0 atom stereocenters. The normalized spacial score (nSPS) is 10.1. The van der Waals surface area contributed by atoms with Crippen molar-refractivity contribution in [2.24, 2.45) is 0 Å². The summed E-state index contributed by atoms with van der Waals surface area (Å²) in [5, 5.41) is 18.0. The molecule has 0 bridgehead atoms. The van der Waals surface area contributed by atoms with Gasteiger partial charge in [0.05, 0.1) is 18.1 Å². The second kappa shape index (κ2) is 7.46. The van der Waals surface area contributed by atoms with E-state index in [1.165, 1.54) is 0 Å². The van der Waals surface area contributed by atoms with Crippen LogP contribution in [0.25, 0.3) is 0 Å². The Bertz CT molecular complexity index is 747. The minimum atomic E-state index is -0.814. The summed E-state index contributed by atoms with van der Waals surface area (Å²) in [5.41, 5.74) is 4.89. The maximum atomic E-state index is 11.0. The van der Waals surface area contributed by atoms with Crippen LogP contribution in [0.2, 0.25) is 0 Å². The predicted octanol–water partition coefficient (Wildman–Crippen LogP) is 3.66. The molecule has 0 radical (unpaired) electrons. The van der Waals surface area contributed by atoms with Crippen molar-refractivity contribution in [2.75, 3.05) is 11.4 Å². The van der Waals surface area contributed by atoms with Crippen molar-refractivity contribution in [1.82, 2.24) is 0 Å². The first-order valence-electron chi connectivity index (χ1n) is 7.52. The van der Waals surface area contributed by atoms with E-state index in [1.54, 1.807) is 6.07 Å². The third-order valence-corrected chi connectivity index (χ3v) is 3.73. The third-order valence-electron chi connectivity index (χ3n) is 3.73. The SMILES string of the molecule is Cc1ccc(C)c(N(CCC(=O)O)Cc2cccc(C#N)c2)c1. The van der Waals surface area contributed by atoms with E-state index in [1.807, 2.05) is 44.2 Å². The fourth-order valence-electron chi connectivity index (χ4n) is 2.54. The number of carboxylic acid groups (broad SMARTS) is 1. The van der Waals surface area contributed by atoms with Crippen LogP contribution in [0.3, 0.4) is 0 Å². The van der Waals surface area contributed by atoms with Crippen LogP contribution in [0.1, 0.15) is 28.7 Å². The molecule has 0 fully saturated rings. The minimum absolute atomic E-state index is 0.0747. The predicted molar refractivity (Wildman–Crippen MR) is 90.4 cm³/mol. The lowest BCUT2D eigenvalue weighted by atomic mass is 10.1. The van der Waals surface area contributed by atoms with Gasteiger partial charge in [-0.25, -0.2) is 0 Å². The Morgan fingerprint density at radius 2 is 2.00 bits per heavy atom. The maximum absolute atomic E-state index is 11.0. The second-order valence-corrected chi connectivity index (χ2v) is 5.67. The summed E-state index contributed by atoms with van der Waals surface area (Å²) in [7, 11) is 0. The molecule has 0 amide bonds. The first kappa shape index (κ1) is 16.6. The number of aryl methyl sites for hydroxylation is 2. The number of hydrogen-bond acceptors (Lipinski definition) is 3. The van der Waals surface area contributed by atoms with E-state index >= 15 is 0 Å². The van der Waals surface area contributed by atoms with Gasteiger partial charge < -0.3 is 10.0 Å². The molecule has 2 aromatic rings. The lowest BCUT2D eigenvalue weighted by Gasteiger charge is -2.26. The van der Waals surface area contributed by atoms with Crippen molar-refractivity contribution in [3.05, 3.63) is 64.7 Å². The van der Waals surface area contributed by atoms with Crippen LogP contribution < -0.4 is 4.90 Å². The third kappa shape index (κ3) is 4.58. The molecule has 0 unspecified atom stereocenters. The van der Waals surface area contributed by atoms with Crippen LogP contribution in [0.15, 0.2) is 42.5 Å². The average molecular weight is 308 g/mol. The fraction of sp³-hybridized carbons (Fsp3) is 0.263. The first-order chi connectivity index (χ1) is 11.0. The summed E-state index contributed by atoms with van der Waals surface area (Å²) in [6, 6.07) is 15.7. The highest BCUT2D eigenvalue weighted by molar-refractivity contribution is 5.68. The smallest absolute Gasteiger partial charge is 0.305 e. The number of carbonyl (C=O) groups is 1. The van der Waals surface area contributed by atoms with Gasteiger partial charge in [0.25, 0.3) is 0 Å². The van der Waals surface area contributed by atoms with Gasteiger partial charge in [0, 0.05) is 18.8 Å². The molecule has 0 spiro atoms. The Kier molecular flexibility index (Phi) is 5.37. The highest BCUT2D eigenvalue weighted by atomic mass is 16.4. The van der Waals surface area contributed by atoms with Crippen LogP contribution in [0.5, 0.6) is 0 Å². The summed E-state index contributed by atoms with van der Waals surface area (Å²) < 4.78 is 0. The molecule has 0 aliphatic rings.